The molecule has 2 unspecified atom stereocenters. The second-order valence-corrected chi connectivity index (χ2v) is 6.21. The number of esters is 1. The van der Waals surface area contributed by atoms with Gasteiger partial charge < -0.3 is 15.6 Å². The minimum absolute atomic E-state index is 0.268. The molecular weight excluding hydrogens is 276 g/mol. The summed E-state index contributed by atoms with van der Waals surface area (Å²) in [5.41, 5.74) is 5.72. The molecule has 0 bridgehead atoms. The predicted molar refractivity (Wildman–Crippen MR) is 78.4 cm³/mol. The molecule has 1 aliphatic rings. The fourth-order valence-electron chi connectivity index (χ4n) is 2.34. The van der Waals surface area contributed by atoms with Gasteiger partial charge in [-0.25, -0.2) is 0 Å². The van der Waals surface area contributed by atoms with Gasteiger partial charge in [-0.15, -0.1) is 11.3 Å². The molecule has 2 heterocycles. The second-order valence-electron chi connectivity index (χ2n) is 5.01. The molecule has 0 radical (unpaired) electrons. The van der Waals surface area contributed by atoms with E-state index < -0.39 is 18.1 Å². The number of aliphatic hydroxyl groups excluding tert-OH is 1. The van der Waals surface area contributed by atoms with Gasteiger partial charge in [-0.3, -0.25) is 9.69 Å². The van der Waals surface area contributed by atoms with Crippen molar-refractivity contribution in [1.82, 2.24) is 4.90 Å². The molecule has 0 spiro atoms. The quantitative estimate of drug-likeness (QED) is 0.774. The van der Waals surface area contributed by atoms with Crippen molar-refractivity contribution in [3.63, 3.8) is 0 Å². The number of nitrogens with zero attached hydrogens (tertiary/aromatic N) is 1. The number of carbonyl (C=O) groups excluding carboxylic acids is 1. The summed E-state index contributed by atoms with van der Waals surface area (Å²) in [5.74, 6) is -0.561. The van der Waals surface area contributed by atoms with Crippen LogP contribution in [0.1, 0.15) is 35.6 Å². The second kappa shape index (κ2) is 7.17. The van der Waals surface area contributed by atoms with Crippen molar-refractivity contribution in [3.8, 4) is 0 Å². The number of nitrogens with two attached hydrogens (primary N) is 1. The molecule has 2 atom stereocenters. The highest BCUT2D eigenvalue weighted by molar-refractivity contribution is 7.12. The summed E-state index contributed by atoms with van der Waals surface area (Å²) in [6.45, 7) is 5.17. The molecule has 2 rings (SSSR count). The van der Waals surface area contributed by atoms with Crippen LogP contribution in [0, 0.1) is 0 Å². The van der Waals surface area contributed by atoms with E-state index in [9.17, 15) is 9.90 Å². The van der Waals surface area contributed by atoms with E-state index in [0.717, 1.165) is 24.5 Å². The SMILES string of the molecule is CCOC(=O)C(N)C(O)c1ccc(CN2CCCC2)s1. The zero-order valence-electron chi connectivity index (χ0n) is 11.7. The minimum Gasteiger partial charge on any atom is -0.465 e. The van der Waals surface area contributed by atoms with E-state index in [4.69, 9.17) is 10.5 Å². The molecule has 0 aromatic carbocycles. The monoisotopic (exact) mass is 298 g/mol. The van der Waals surface area contributed by atoms with Gasteiger partial charge in [-0.1, -0.05) is 0 Å². The normalized spacial score (nSPS) is 18.9. The third-order valence-electron chi connectivity index (χ3n) is 3.45. The third kappa shape index (κ3) is 3.79. The number of rotatable bonds is 6. The zero-order chi connectivity index (χ0) is 14.5. The molecule has 1 aromatic rings. The Balaban J connectivity index is 1.94. The van der Waals surface area contributed by atoms with E-state index >= 15 is 0 Å². The van der Waals surface area contributed by atoms with Crippen molar-refractivity contribution in [3.05, 3.63) is 21.9 Å². The first-order valence-corrected chi connectivity index (χ1v) is 7.84. The van der Waals surface area contributed by atoms with Gasteiger partial charge in [0.15, 0.2) is 0 Å². The van der Waals surface area contributed by atoms with Crippen LogP contribution in [-0.2, 0) is 16.1 Å². The third-order valence-corrected chi connectivity index (χ3v) is 4.59. The van der Waals surface area contributed by atoms with Crippen molar-refractivity contribution in [1.29, 1.82) is 0 Å². The molecule has 3 N–H and O–H groups in total. The molecular formula is C14H22N2O3S. The van der Waals surface area contributed by atoms with Gasteiger partial charge in [0.1, 0.15) is 12.1 Å². The van der Waals surface area contributed by atoms with Crippen LogP contribution in [0.5, 0.6) is 0 Å². The lowest BCUT2D eigenvalue weighted by molar-refractivity contribution is -0.147. The number of likely N-dealkylation sites (tertiary alicyclic amines) is 1. The van der Waals surface area contributed by atoms with E-state index in [1.807, 2.05) is 12.1 Å². The van der Waals surface area contributed by atoms with Gasteiger partial charge in [0.25, 0.3) is 0 Å². The molecule has 1 aliphatic heterocycles. The number of hydrogen-bond donors (Lipinski definition) is 2. The molecule has 1 aromatic heterocycles. The maximum atomic E-state index is 11.5. The highest BCUT2D eigenvalue weighted by atomic mass is 32.1. The average molecular weight is 298 g/mol. The number of carbonyl (C=O) groups is 1. The smallest absolute Gasteiger partial charge is 0.326 e. The Hall–Kier alpha value is -0.950. The Bertz CT molecular complexity index is 443. The predicted octanol–water partition coefficient (Wildman–Crippen LogP) is 1.27. The van der Waals surface area contributed by atoms with E-state index in [0.29, 0.717) is 0 Å². The molecule has 5 nitrogen and oxygen atoms in total. The lowest BCUT2D eigenvalue weighted by Gasteiger charge is -2.16. The van der Waals surface area contributed by atoms with Gasteiger partial charge in [-0.05, 0) is 45.0 Å². The molecule has 1 saturated heterocycles. The first-order chi connectivity index (χ1) is 9.61. The van der Waals surface area contributed by atoms with Gasteiger partial charge in [-0.2, -0.15) is 0 Å². The summed E-state index contributed by atoms with van der Waals surface area (Å²) in [7, 11) is 0. The van der Waals surface area contributed by atoms with Crippen molar-refractivity contribution >= 4 is 17.3 Å². The lowest BCUT2D eigenvalue weighted by atomic mass is 10.1. The van der Waals surface area contributed by atoms with Crippen LogP contribution in [0.3, 0.4) is 0 Å². The Labute approximate surface area is 123 Å². The highest BCUT2D eigenvalue weighted by Crippen LogP contribution is 2.27. The molecule has 112 valence electrons. The Morgan fingerprint density at radius 3 is 2.85 bits per heavy atom. The fraction of sp³-hybridized carbons (Fsp3) is 0.643. The maximum absolute atomic E-state index is 11.5. The Morgan fingerprint density at radius 2 is 2.20 bits per heavy atom. The van der Waals surface area contributed by atoms with Crippen LogP contribution >= 0.6 is 11.3 Å². The van der Waals surface area contributed by atoms with Crippen molar-refractivity contribution < 1.29 is 14.6 Å². The van der Waals surface area contributed by atoms with Crippen LogP contribution in [0.25, 0.3) is 0 Å². The Kier molecular flexibility index (Phi) is 5.54. The first-order valence-electron chi connectivity index (χ1n) is 7.03. The summed E-state index contributed by atoms with van der Waals surface area (Å²) in [6.07, 6.45) is 1.52. The number of thiophene rings is 1. The van der Waals surface area contributed by atoms with Crippen LogP contribution in [-0.4, -0.2) is 41.7 Å². The number of hydrogen-bond acceptors (Lipinski definition) is 6. The van der Waals surface area contributed by atoms with Gasteiger partial charge in [0, 0.05) is 16.3 Å². The summed E-state index contributed by atoms with van der Waals surface area (Å²) in [5, 5.41) is 10.1. The average Bonchev–Trinajstić information content (AvgIpc) is 3.09. The van der Waals surface area contributed by atoms with Crippen molar-refractivity contribution in [2.45, 2.75) is 38.5 Å². The molecule has 0 saturated carbocycles. The van der Waals surface area contributed by atoms with Gasteiger partial charge in [0.05, 0.1) is 6.61 Å². The summed E-state index contributed by atoms with van der Waals surface area (Å²) in [4.78, 5) is 15.8. The largest absolute Gasteiger partial charge is 0.465 e. The molecule has 0 amide bonds. The standard InChI is InChI=1S/C14H22N2O3S/c1-2-19-14(18)12(15)13(17)11-6-5-10(20-11)9-16-7-3-4-8-16/h5-6,12-13,17H,2-4,7-9,15H2,1H3. The van der Waals surface area contributed by atoms with Crippen LogP contribution in [0.2, 0.25) is 0 Å². The summed E-state index contributed by atoms with van der Waals surface area (Å²) >= 11 is 1.51. The summed E-state index contributed by atoms with van der Waals surface area (Å²) < 4.78 is 4.83. The van der Waals surface area contributed by atoms with E-state index in [2.05, 4.69) is 4.90 Å². The van der Waals surface area contributed by atoms with E-state index in [1.165, 1.54) is 29.1 Å². The van der Waals surface area contributed by atoms with E-state index in [1.54, 1.807) is 6.92 Å². The van der Waals surface area contributed by atoms with Crippen molar-refractivity contribution in [2.75, 3.05) is 19.7 Å². The topological polar surface area (TPSA) is 75.8 Å². The first kappa shape index (κ1) is 15.4. The van der Waals surface area contributed by atoms with Crippen LogP contribution in [0.4, 0.5) is 0 Å². The molecule has 20 heavy (non-hydrogen) atoms. The minimum atomic E-state index is -1.02. The molecule has 0 aliphatic carbocycles. The highest BCUT2D eigenvalue weighted by Gasteiger charge is 2.26. The molecule has 6 heteroatoms. The maximum Gasteiger partial charge on any atom is 0.326 e. The van der Waals surface area contributed by atoms with Gasteiger partial charge >= 0.3 is 5.97 Å². The fourth-order valence-corrected chi connectivity index (χ4v) is 3.43. The van der Waals surface area contributed by atoms with Gasteiger partial charge in [0.2, 0.25) is 0 Å². The number of ether oxygens (including phenoxy) is 1. The Morgan fingerprint density at radius 1 is 1.50 bits per heavy atom. The van der Waals surface area contributed by atoms with Crippen LogP contribution in [0.15, 0.2) is 12.1 Å². The lowest BCUT2D eigenvalue weighted by Crippen LogP contribution is -2.37. The van der Waals surface area contributed by atoms with Crippen LogP contribution < -0.4 is 5.73 Å². The van der Waals surface area contributed by atoms with Crippen molar-refractivity contribution in [2.24, 2.45) is 5.73 Å². The van der Waals surface area contributed by atoms with E-state index in [-0.39, 0.29) is 6.61 Å². The zero-order valence-corrected chi connectivity index (χ0v) is 12.6. The number of aliphatic hydroxyl groups is 1. The summed E-state index contributed by atoms with van der Waals surface area (Å²) in [6, 6.07) is 2.83. The molecule has 1 fully saturated rings.